The van der Waals surface area contributed by atoms with E-state index >= 15 is 0 Å². The Kier molecular flexibility index (Phi) is 2.99. The van der Waals surface area contributed by atoms with Gasteiger partial charge >= 0.3 is 0 Å². The molecule has 0 radical (unpaired) electrons. The van der Waals surface area contributed by atoms with Crippen molar-refractivity contribution in [2.45, 2.75) is 0 Å². The number of aromatic nitrogens is 1. The number of nitrogens with zero attached hydrogens (tertiary/aromatic N) is 1. The summed E-state index contributed by atoms with van der Waals surface area (Å²) in [5.74, 6) is 0.378. The molecule has 0 atom stereocenters. The van der Waals surface area contributed by atoms with E-state index < -0.39 is 0 Å². The third-order valence-electron chi connectivity index (χ3n) is 3.22. The summed E-state index contributed by atoms with van der Waals surface area (Å²) in [6.07, 6.45) is 1.68. The van der Waals surface area contributed by atoms with Gasteiger partial charge < -0.3 is 4.74 Å². The van der Waals surface area contributed by atoms with Gasteiger partial charge in [0, 0.05) is 17.3 Å². The number of halogens is 1. The molecule has 2 aromatic carbocycles. The van der Waals surface area contributed by atoms with E-state index in [1.165, 1.54) is 16.7 Å². The first-order chi connectivity index (χ1) is 9.69. The van der Waals surface area contributed by atoms with E-state index in [1.807, 2.05) is 12.1 Å². The minimum atomic E-state index is -0.327. The van der Waals surface area contributed by atoms with Crippen LogP contribution in [0.3, 0.4) is 0 Å². The molecule has 0 spiro atoms. The van der Waals surface area contributed by atoms with Gasteiger partial charge in [-0.1, -0.05) is 0 Å². The fourth-order valence-electron chi connectivity index (χ4n) is 2.16. The van der Waals surface area contributed by atoms with Gasteiger partial charge in [0.2, 0.25) is 0 Å². The van der Waals surface area contributed by atoms with Crippen LogP contribution in [0.1, 0.15) is 0 Å². The average molecular weight is 269 g/mol. The summed E-state index contributed by atoms with van der Waals surface area (Å²) in [5, 5.41) is 1.41. The lowest BCUT2D eigenvalue weighted by Crippen LogP contribution is -2.17. The van der Waals surface area contributed by atoms with E-state index in [0.717, 1.165) is 5.39 Å². The van der Waals surface area contributed by atoms with Crippen molar-refractivity contribution < 1.29 is 9.13 Å². The summed E-state index contributed by atoms with van der Waals surface area (Å²) in [4.78, 5) is 12.4. The molecule has 1 heterocycles. The molecule has 0 fully saturated rings. The van der Waals surface area contributed by atoms with Gasteiger partial charge in [0.1, 0.15) is 11.6 Å². The van der Waals surface area contributed by atoms with Gasteiger partial charge in [-0.3, -0.25) is 9.36 Å². The van der Waals surface area contributed by atoms with Crippen molar-refractivity contribution in [3.63, 3.8) is 0 Å². The SMILES string of the molecule is COc1ccc2c(=O)n(-c3ccc(F)cc3)ccc2c1. The highest BCUT2D eigenvalue weighted by molar-refractivity contribution is 5.83. The fourth-order valence-corrected chi connectivity index (χ4v) is 2.16. The molecule has 0 aliphatic rings. The van der Waals surface area contributed by atoms with Gasteiger partial charge in [0.05, 0.1) is 7.11 Å². The number of fused-ring (bicyclic) bond motifs is 1. The molecule has 3 rings (SSSR count). The first-order valence-corrected chi connectivity index (χ1v) is 6.14. The highest BCUT2D eigenvalue weighted by atomic mass is 19.1. The van der Waals surface area contributed by atoms with Gasteiger partial charge in [0.15, 0.2) is 0 Å². The zero-order valence-corrected chi connectivity index (χ0v) is 10.8. The Morgan fingerprint density at radius 3 is 2.50 bits per heavy atom. The normalized spacial score (nSPS) is 10.7. The van der Waals surface area contributed by atoms with Gasteiger partial charge in [-0.05, 0) is 53.9 Å². The number of pyridine rings is 1. The maximum atomic E-state index is 12.9. The second kappa shape index (κ2) is 4.81. The molecule has 0 N–H and O–H groups in total. The van der Waals surface area contributed by atoms with Gasteiger partial charge in [-0.15, -0.1) is 0 Å². The summed E-state index contributed by atoms with van der Waals surface area (Å²) in [6.45, 7) is 0. The molecule has 100 valence electrons. The maximum Gasteiger partial charge on any atom is 0.262 e. The van der Waals surface area contributed by atoms with Gasteiger partial charge in [-0.2, -0.15) is 0 Å². The number of rotatable bonds is 2. The lowest BCUT2D eigenvalue weighted by molar-refractivity contribution is 0.415. The smallest absolute Gasteiger partial charge is 0.262 e. The van der Waals surface area contributed by atoms with Crippen molar-refractivity contribution in [3.8, 4) is 11.4 Å². The molecule has 0 bridgehead atoms. The molecule has 1 aromatic heterocycles. The third kappa shape index (κ3) is 2.05. The van der Waals surface area contributed by atoms with Crippen molar-refractivity contribution in [2.75, 3.05) is 7.11 Å². The fraction of sp³-hybridized carbons (Fsp3) is 0.0625. The Labute approximate surface area is 114 Å². The first kappa shape index (κ1) is 12.4. The standard InChI is InChI=1S/C16H12FNO2/c1-20-14-6-7-15-11(10-14)8-9-18(16(15)19)13-4-2-12(17)3-5-13/h2-10H,1H3. The molecule has 3 nitrogen and oxygen atoms in total. The van der Waals surface area contributed by atoms with E-state index in [0.29, 0.717) is 16.8 Å². The van der Waals surface area contributed by atoms with Crippen LogP contribution in [-0.2, 0) is 0 Å². The molecule has 3 aromatic rings. The van der Waals surface area contributed by atoms with Gasteiger partial charge in [0.25, 0.3) is 5.56 Å². The molecular weight excluding hydrogens is 257 g/mol. The van der Waals surface area contributed by atoms with Gasteiger partial charge in [-0.25, -0.2) is 4.39 Å². The molecule has 0 saturated heterocycles. The molecule has 0 aliphatic heterocycles. The molecule has 20 heavy (non-hydrogen) atoms. The lowest BCUT2D eigenvalue weighted by atomic mass is 10.1. The Morgan fingerprint density at radius 2 is 1.80 bits per heavy atom. The van der Waals surface area contributed by atoms with Crippen molar-refractivity contribution in [1.29, 1.82) is 0 Å². The molecule has 0 saturated carbocycles. The summed E-state index contributed by atoms with van der Waals surface area (Å²) in [6, 6.07) is 12.9. The molecule has 0 amide bonds. The molecule has 0 unspecified atom stereocenters. The lowest BCUT2D eigenvalue weighted by Gasteiger charge is -2.08. The maximum absolute atomic E-state index is 12.9. The Hall–Kier alpha value is -2.62. The Bertz CT molecular complexity index is 822. The second-order valence-electron chi connectivity index (χ2n) is 4.42. The summed E-state index contributed by atoms with van der Waals surface area (Å²) < 4.78 is 19.6. The van der Waals surface area contributed by atoms with Crippen LogP contribution in [0, 0.1) is 5.82 Å². The zero-order valence-electron chi connectivity index (χ0n) is 10.8. The molecule has 4 heteroatoms. The summed E-state index contributed by atoms with van der Waals surface area (Å²) >= 11 is 0. The number of hydrogen-bond donors (Lipinski definition) is 0. The van der Waals surface area contributed by atoms with Crippen molar-refractivity contribution in [2.24, 2.45) is 0 Å². The minimum Gasteiger partial charge on any atom is -0.497 e. The Balaban J connectivity index is 2.21. The van der Waals surface area contributed by atoms with Crippen LogP contribution in [0.4, 0.5) is 4.39 Å². The highest BCUT2D eigenvalue weighted by Gasteiger charge is 2.05. The quantitative estimate of drug-likeness (QED) is 0.715. The largest absolute Gasteiger partial charge is 0.497 e. The zero-order chi connectivity index (χ0) is 14.1. The van der Waals surface area contributed by atoms with Crippen LogP contribution in [0.15, 0.2) is 59.5 Å². The van der Waals surface area contributed by atoms with Crippen molar-refractivity contribution in [1.82, 2.24) is 4.57 Å². The van der Waals surface area contributed by atoms with Crippen LogP contribution < -0.4 is 10.3 Å². The molecular formula is C16H12FNO2. The first-order valence-electron chi connectivity index (χ1n) is 6.14. The summed E-state index contributed by atoms with van der Waals surface area (Å²) in [5.41, 5.74) is 0.492. The third-order valence-corrected chi connectivity index (χ3v) is 3.22. The van der Waals surface area contributed by atoms with Crippen LogP contribution in [0.5, 0.6) is 5.75 Å². The Morgan fingerprint density at radius 1 is 1.05 bits per heavy atom. The average Bonchev–Trinajstić information content (AvgIpc) is 2.48. The van der Waals surface area contributed by atoms with Crippen molar-refractivity contribution >= 4 is 10.8 Å². The van der Waals surface area contributed by atoms with E-state index in [1.54, 1.807) is 37.6 Å². The van der Waals surface area contributed by atoms with Crippen LogP contribution in [0.25, 0.3) is 16.5 Å². The van der Waals surface area contributed by atoms with Crippen molar-refractivity contribution in [3.05, 3.63) is 70.9 Å². The van der Waals surface area contributed by atoms with E-state index in [4.69, 9.17) is 4.74 Å². The predicted molar refractivity (Wildman–Crippen MR) is 76.1 cm³/mol. The monoisotopic (exact) mass is 269 g/mol. The summed E-state index contributed by atoms with van der Waals surface area (Å²) in [7, 11) is 1.58. The second-order valence-corrected chi connectivity index (χ2v) is 4.42. The number of benzene rings is 2. The minimum absolute atomic E-state index is 0.142. The van der Waals surface area contributed by atoms with E-state index in [-0.39, 0.29) is 11.4 Å². The highest BCUT2D eigenvalue weighted by Crippen LogP contribution is 2.18. The number of ether oxygens (including phenoxy) is 1. The van der Waals surface area contributed by atoms with Crippen LogP contribution in [-0.4, -0.2) is 11.7 Å². The van der Waals surface area contributed by atoms with Crippen LogP contribution >= 0.6 is 0 Å². The number of methoxy groups -OCH3 is 1. The predicted octanol–water partition coefficient (Wildman–Crippen LogP) is 3.14. The van der Waals surface area contributed by atoms with E-state index in [2.05, 4.69) is 0 Å². The van der Waals surface area contributed by atoms with E-state index in [9.17, 15) is 9.18 Å². The topological polar surface area (TPSA) is 31.2 Å². The van der Waals surface area contributed by atoms with Crippen LogP contribution in [0.2, 0.25) is 0 Å². The number of hydrogen-bond acceptors (Lipinski definition) is 2. The molecule has 0 aliphatic carbocycles.